The lowest BCUT2D eigenvalue weighted by atomic mass is 9.95. The second kappa shape index (κ2) is 5.62. The second-order valence-electron chi connectivity index (χ2n) is 4.05. The summed E-state index contributed by atoms with van der Waals surface area (Å²) < 4.78 is 0. The minimum absolute atomic E-state index is 0.489. The van der Waals surface area contributed by atoms with Crippen molar-refractivity contribution in [3.63, 3.8) is 0 Å². The molecule has 2 aromatic carbocycles. The van der Waals surface area contributed by atoms with Crippen molar-refractivity contribution < 1.29 is 5.11 Å². The fourth-order valence-corrected chi connectivity index (χ4v) is 1.98. The highest BCUT2D eigenvalue weighted by molar-refractivity contribution is 5.67. The van der Waals surface area contributed by atoms with Gasteiger partial charge in [0.2, 0.25) is 0 Å². The molecular formula is C15H17NO. The van der Waals surface area contributed by atoms with Crippen LogP contribution >= 0.6 is 0 Å². The van der Waals surface area contributed by atoms with Gasteiger partial charge < -0.3 is 10.8 Å². The first-order valence-electron chi connectivity index (χ1n) is 5.85. The molecular weight excluding hydrogens is 210 g/mol. The zero-order valence-corrected chi connectivity index (χ0v) is 9.71. The number of aliphatic hydroxyl groups excluding tert-OH is 1. The molecule has 0 aromatic heterocycles. The summed E-state index contributed by atoms with van der Waals surface area (Å²) in [6.45, 7) is 0.490. The molecule has 0 fully saturated rings. The van der Waals surface area contributed by atoms with Crippen LogP contribution in [0.5, 0.6) is 0 Å². The zero-order chi connectivity index (χ0) is 12.1. The van der Waals surface area contributed by atoms with E-state index in [2.05, 4.69) is 0 Å². The lowest BCUT2D eigenvalue weighted by Gasteiger charge is -2.15. The summed E-state index contributed by atoms with van der Waals surface area (Å²) in [4.78, 5) is 0. The smallest absolute Gasteiger partial charge is 0.0808 e. The summed E-state index contributed by atoms with van der Waals surface area (Å²) in [5.74, 6) is 0. The van der Waals surface area contributed by atoms with E-state index in [1.165, 1.54) is 0 Å². The molecule has 2 heteroatoms. The molecule has 0 saturated carbocycles. The Bertz CT molecular complexity index is 467. The Labute approximate surface area is 102 Å². The highest BCUT2D eigenvalue weighted by Gasteiger charge is 2.11. The average Bonchev–Trinajstić information content (AvgIpc) is 2.40. The molecule has 0 amide bonds. The van der Waals surface area contributed by atoms with Crippen LogP contribution in [-0.2, 0) is 0 Å². The molecule has 0 aliphatic heterocycles. The molecule has 0 heterocycles. The Morgan fingerprint density at radius 2 is 1.59 bits per heavy atom. The van der Waals surface area contributed by atoms with Crippen LogP contribution in [-0.4, -0.2) is 11.7 Å². The monoisotopic (exact) mass is 227 g/mol. The number of benzene rings is 2. The summed E-state index contributed by atoms with van der Waals surface area (Å²) in [5.41, 5.74) is 8.65. The third-order valence-corrected chi connectivity index (χ3v) is 2.84. The van der Waals surface area contributed by atoms with Crippen LogP contribution in [0.1, 0.15) is 18.1 Å². The van der Waals surface area contributed by atoms with Crippen molar-refractivity contribution >= 4 is 0 Å². The molecule has 88 valence electrons. The van der Waals surface area contributed by atoms with Gasteiger partial charge in [-0.25, -0.2) is 0 Å². The third-order valence-electron chi connectivity index (χ3n) is 2.84. The van der Waals surface area contributed by atoms with Gasteiger partial charge in [-0.3, -0.25) is 0 Å². The predicted molar refractivity (Wildman–Crippen MR) is 70.5 cm³/mol. The maximum atomic E-state index is 10.1. The summed E-state index contributed by atoms with van der Waals surface area (Å²) in [6.07, 6.45) is 0.0977. The first-order valence-corrected chi connectivity index (χ1v) is 5.85. The molecule has 17 heavy (non-hydrogen) atoms. The molecule has 1 atom stereocenters. The minimum Gasteiger partial charge on any atom is -0.388 e. The quantitative estimate of drug-likeness (QED) is 0.843. The lowest BCUT2D eigenvalue weighted by Crippen LogP contribution is -2.07. The SMILES string of the molecule is NCCC(O)c1ccccc1-c1ccccc1. The van der Waals surface area contributed by atoms with Gasteiger partial charge in [-0.05, 0) is 29.7 Å². The van der Waals surface area contributed by atoms with Crippen molar-refractivity contribution in [2.45, 2.75) is 12.5 Å². The van der Waals surface area contributed by atoms with Crippen LogP contribution in [0.3, 0.4) is 0 Å². The van der Waals surface area contributed by atoms with Gasteiger partial charge in [-0.2, -0.15) is 0 Å². The molecule has 1 unspecified atom stereocenters. The number of rotatable bonds is 4. The molecule has 0 aliphatic carbocycles. The van der Waals surface area contributed by atoms with E-state index < -0.39 is 6.10 Å². The number of hydrogen-bond donors (Lipinski definition) is 2. The van der Waals surface area contributed by atoms with E-state index in [4.69, 9.17) is 5.73 Å². The van der Waals surface area contributed by atoms with E-state index >= 15 is 0 Å². The van der Waals surface area contributed by atoms with E-state index in [0.29, 0.717) is 13.0 Å². The van der Waals surface area contributed by atoms with Gasteiger partial charge in [-0.1, -0.05) is 54.6 Å². The molecule has 0 spiro atoms. The normalized spacial score (nSPS) is 12.4. The first-order chi connectivity index (χ1) is 8.33. The van der Waals surface area contributed by atoms with Gasteiger partial charge in [0.05, 0.1) is 6.10 Å². The maximum absolute atomic E-state index is 10.1. The Hall–Kier alpha value is -1.64. The van der Waals surface area contributed by atoms with E-state index in [-0.39, 0.29) is 0 Å². The van der Waals surface area contributed by atoms with E-state index in [0.717, 1.165) is 16.7 Å². The van der Waals surface area contributed by atoms with E-state index in [9.17, 15) is 5.11 Å². The molecule has 0 aliphatic rings. The Kier molecular flexibility index (Phi) is 3.91. The third kappa shape index (κ3) is 2.73. The van der Waals surface area contributed by atoms with Gasteiger partial charge in [0.1, 0.15) is 0 Å². The van der Waals surface area contributed by atoms with Crippen molar-refractivity contribution in [3.05, 3.63) is 60.2 Å². The van der Waals surface area contributed by atoms with Gasteiger partial charge in [-0.15, -0.1) is 0 Å². The van der Waals surface area contributed by atoms with Gasteiger partial charge in [0.25, 0.3) is 0 Å². The summed E-state index contributed by atoms with van der Waals surface area (Å²) in [7, 11) is 0. The van der Waals surface area contributed by atoms with Crippen LogP contribution in [0.25, 0.3) is 11.1 Å². The van der Waals surface area contributed by atoms with Crippen molar-refractivity contribution in [1.29, 1.82) is 0 Å². The standard InChI is InChI=1S/C15H17NO/c16-11-10-15(17)14-9-5-4-8-13(14)12-6-2-1-3-7-12/h1-9,15,17H,10-11,16H2. The van der Waals surface area contributed by atoms with Crippen molar-refractivity contribution in [1.82, 2.24) is 0 Å². The van der Waals surface area contributed by atoms with Crippen LogP contribution in [0.15, 0.2) is 54.6 Å². The highest BCUT2D eigenvalue weighted by atomic mass is 16.3. The Morgan fingerprint density at radius 3 is 2.29 bits per heavy atom. The molecule has 3 N–H and O–H groups in total. The van der Waals surface area contributed by atoms with Gasteiger partial charge in [0.15, 0.2) is 0 Å². The fraction of sp³-hybridized carbons (Fsp3) is 0.200. The summed E-state index contributed by atoms with van der Waals surface area (Å²) in [6, 6.07) is 18.0. The Morgan fingerprint density at radius 1 is 0.941 bits per heavy atom. The number of aliphatic hydroxyl groups is 1. The topological polar surface area (TPSA) is 46.2 Å². The Balaban J connectivity index is 2.41. The highest BCUT2D eigenvalue weighted by Crippen LogP contribution is 2.29. The lowest BCUT2D eigenvalue weighted by molar-refractivity contribution is 0.171. The predicted octanol–water partition coefficient (Wildman–Crippen LogP) is 2.74. The summed E-state index contributed by atoms with van der Waals surface area (Å²) in [5, 5.41) is 10.1. The molecule has 0 radical (unpaired) electrons. The zero-order valence-electron chi connectivity index (χ0n) is 9.71. The molecule has 2 rings (SSSR count). The average molecular weight is 227 g/mol. The minimum atomic E-state index is -0.489. The molecule has 2 aromatic rings. The summed E-state index contributed by atoms with van der Waals surface area (Å²) >= 11 is 0. The van der Waals surface area contributed by atoms with Crippen LogP contribution < -0.4 is 5.73 Å². The number of nitrogens with two attached hydrogens (primary N) is 1. The van der Waals surface area contributed by atoms with Crippen LogP contribution in [0.2, 0.25) is 0 Å². The van der Waals surface area contributed by atoms with E-state index in [1.54, 1.807) is 0 Å². The number of hydrogen-bond acceptors (Lipinski definition) is 2. The fourth-order valence-electron chi connectivity index (χ4n) is 1.98. The van der Waals surface area contributed by atoms with Crippen LogP contribution in [0, 0.1) is 0 Å². The molecule has 0 bridgehead atoms. The van der Waals surface area contributed by atoms with E-state index in [1.807, 2.05) is 54.6 Å². The van der Waals surface area contributed by atoms with Crippen LogP contribution in [0.4, 0.5) is 0 Å². The van der Waals surface area contributed by atoms with Crippen molar-refractivity contribution in [2.75, 3.05) is 6.54 Å². The largest absolute Gasteiger partial charge is 0.388 e. The maximum Gasteiger partial charge on any atom is 0.0808 e. The molecule has 0 saturated heterocycles. The van der Waals surface area contributed by atoms with Crippen molar-refractivity contribution in [3.8, 4) is 11.1 Å². The van der Waals surface area contributed by atoms with Crippen molar-refractivity contribution in [2.24, 2.45) is 5.73 Å². The second-order valence-corrected chi connectivity index (χ2v) is 4.05. The first kappa shape index (κ1) is 11.8. The molecule has 2 nitrogen and oxygen atoms in total. The van der Waals surface area contributed by atoms with Gasteiger partial charge >= 0.3 is 0 Å². The van der Waals surface area contributed by atoms with Gasteiger partial charge in [0, 0.05) is 0 Å².